The number of ether oxygens (including phenoxy) is 1. The second kappa shape index (κ2) is 8.16. The lowest BCUT2D eigenvalue weighted by molar-refractivity contribution is 0.0662. The quantitative estimate of drug-likeness (QED) is 0.656. The molecule has 0 aliphatic heterocycles. The van der Waals surface area contributed by atoms with Crippen molar-refractivity contribution in [2.75, 3.05) is 6.61 Å². The molecule has 0 fully saturated rings. The predicted octanol–water partition coefficient (Wildman–Crippen LogP) is 4.91. The summed E-state index contributed by atoms with van der Waals surface area (Å²) in [4.78, 5) is 10.8. The summed E-state index contributed by atoms with van der Waals surface area (Å²) in [6, 6.07) is 16.9. The minimum Gasteiger partial charge on any atom is -0.493 e. The smallest absolute Gasteiger partial charge is 0.371 e. The summed E-state index contributed by atoms with van der Waals surface area (Å²) in [6.45, 7) is 0.459. The average Bonchev–Trinajstić information content (AvgIpc) is 3.12. The number of para-hydroxylation sites is 1. The molecule has 1 heterocycles. The fraction of sp³-hybridized carbons (Fsp3) is 0.0952. The van der Waals surface area contributed by atoms with Crippen LogP contribution in [-0.2, 0) is 6.42 Å². The van der Waals surface area contributed by atoms with E-state index >= 15 is 0 Å². The van der Waals surface area contributed by atoms with Crippen LogP contribution in [0, 0.1) is 5.82 Å². The highest BCUT2D eigenvalue weighted by Crippen LogP contribution is 2.21. The van der Waals surface area contributed by atoms with Gasteiger partial charge in [-0.3, -0.25) is 0 Å². The van der Waals surface area contributed by atoms with E-state index in [0.29, 0.717) is 24.5 Å². The van der Waals surface area contributed by atoms with E-state index in [1.807, 2.05) is 24.3 Å². The maximum Gasteiger partial charge on any atom is 0.371 e. The third-order valence-electron chi connectivity index (χ3n) is 3.75. The Hall–Kier alpha value is -3.34. The molecule has 0 amide bonds. The Morgan fingerprint density at radius 3 is 2.54 bits per heavy atom. The SMILES string of the molecule is O=C(O)c1ccc(/C=C/c2ccccc2OCCc2ccc(F)cc2)o1. The normalized spacial score (nSPS) is 11.0. The van der Waals surface area contributed by atoms with Crippen LogP contribution in [0.5, 0.6) is 5.75 Å². The molecule has 0 atom stereocenters. The average molecular weight is 352 g/mol. The monoisotopic (exact) mass is 352 g/mol. The zero-order valence-electron chi connectivity index (χ0n) is 13.9. The van der Waals surface area contributed by atoms with Gasteiger partial charge in [-0.25, -0.2) is 9.18 Å². The standard InChI is InChI=1S/C21H17FO4/c22-17-8-5-15(6-9-17)13-14-25-19-4-2-1-3-16(19)7-10-18-11-12-20(26-18)21(23)24/h1-12H,13-14H2,(H,23,24)/b10-7+. The number of aromatic carboxylic acids is 1. The van der Waals surface area contributed by atoms with Crippen molar-refractivity contribution in [2.24, 2.45) is 0 Å². The molecule has 0 aliphatic carbocycles. The highest BCUT2D eigenvalue weighted by Gasteiger charge is 2.07. The van der Waals surface area contributed by atoms with Crippen LogP contribution >= 0.6 is 0 Å². The van der Waals surface area contributed by atoms with Crippen LogP contribution in [0.4, 0.5) is 4.39 Å². The first kappa shape index (κ1) is 17.5. The van der Waals surface area contributed by atoms with Crippen LogP contribution in [-0.4, -0.2) is 17.7 Å². The van der Waals surface area contributed by atoms with Gasteiger partial charge in [-0.1, -0.05) is 30.3 Å². The van der Waals surface area contributed by atoms with Crippen molar-refractivity contribution in [1.82, 2.24) is 0 Å². The van der Waals surface area contributed by atoms with E-state index in [2.05, 4.69) is 0 Å². The molecule has 1 aromatic heterocycles. The Kier molecular flexibility index (Phi) is 5.49. The largest absolute Gasteiger partial charge is 0.493 e. The van der Waals surface area contributed by atoms with Gasteiger partial charge < -0.3 is 14.3 Å². The molecule has 4 nitrogen and oxygen atoms in total. The van der Waals surface area contributed by atoms with Gasteiger partial charge in [0.15, 0.2) is 0 Å². The Morgan fingerprint density at radius 2 is 1.81 bits per heavy atom. The summed E-state index contributed by atoms with van der Waals surface area (Å²) in [5.41, 5.74) is 1.84. The number of hydrogen-bond donors (Lipinski definition) is 1. The van der Waals surface area contributed by atoms with Crippen molar-refractivity contribution in [2.45, 2.75) is 6.42 Å². The van der Waals surface area contributed by atoms with Crippen LogP contribution < -0.4 is 4.74 Å². The number of rotatable bonds is 7. The fourth-order valence-electron chi connectivity index (χ4n) is 2.41. The maximum absolute atomic E-state index is 12.9. The van der Waals surface area contributed by atoms with E-state index in [1.54, 1.807) is 30.4 Å². The van der Waals surface area contributed by atoms with E-state index in [1.165, 1.54) is 18.2 Å². The zero-order valence-corrected chi connectivity index (χ0v) is 13.9. The number of carboxylic acid groups (broad SMARTS) is 1. The van der Waals surface area contributed by atoms with Gasteiger partial charge in [-0.2, -0.15) is 0 Å². The van der Waals surface area contributed by atoms with Crippen LogP contribution in [0.1, 0.15) is 27.4 Å². The summed E-state index contributed by atoms with van der Waals surface area (Å²) < 4.78 is 23.9. The molecule has 26 heavy (non-hydrogen) atoms. The second-order valence-electron chi connectivity index (χ2n) is 5.60. The first-order valence-corrected chi connectivity index (χ1v) is 8.09. The lowest BCUT2D eigenvalue weighted by atomic mass is 10.1. The lowest BCUT2D eigenvalue weighted by Crippen LogP contribution is -2.02. The van der Waals surface area contributed by atoms with Crippen molar-refractivity contribution in [3.63, 3.8) is 0 Å². The molecule has 3 aromatic rings. The van der Waals surface area contributed by atoms with Gasteiger partial charge in [-0.15, -0.1) is 0 Å². The van der Waals surface area contributed by atoms with E-state index in [4.69, 9.17) is 14.3 Å². The van der Waals surface area contributed by atoms with Crippen LogP contribution in [0.15, 0.2) is 65.1 Å². The van der Waals surface area contributed by atoms with Crippen LogP contribution in [0.3, 0.4) is 0 Å². The Balaban J connectivity index is 1.64. The molecule has 3 rings (SSSR count). The molecule has 0 unspecified atom stereocenters. The molecular formula is C21H17FO4. The predicted molar refractivity (Wildman–Crippen MR) is 96.6 cm³/mol. The van der Waals surface area contributed by atoms with Crippen LogP contribution in [0.25, 0.3) is 12.2 Å². The summed E-state index contributed by atoms with van der Waals surface area (Å²) in [6.07, 6.45) is 4.16. The molecule has 0 radical (unpaired) electrons. The second-order valence-corrected chi connectivity index (χ2v) is 5.60. The molecule has 0 bridgehead atoms. The Labute approximate surface area is 150 Å². The number of halogens is 1. The molecule has 1 N–H and O–H groups in total. The number of benzene rings is 2. The summed E-state index contributed by atoms with van der Waals surface area (Å²) in [7, 11) is 0. The highest BCUT2D eigenvalue weighted by molar-refractivity contribution is 5.85. The van der Waals surface area contributed by atoms with Crippen molar-refractivity contribution >= 4 is 18.1 Å². The van der Waals surface area contributed by atoms with Gasteiger partial charge in [0.05, 0.1) is 6.61 Å². The fourth-order valence-corrected chi connectivity index (χ4v) is 2.41. The molecule has 2 aromatic carbocycles. The number of carboxylic acids is 1. The third kappa shape index (κ3) is 4.60. The molecule has 0 saturated heterocycles. The molecule has 5 heteroatoms. The topological polar surface area (TPSA) is 59.7 Å². The van der Waals surface area contributed by atoms with Crippen LogP contribution in [0.2, 0.25) is 0 Å². The summed E-state index contributed by atoms with van der Waals surface area (Å²) in [5, 5.41) is 8.88. The van der Waals surface area contributed by atoms with E-state index in [9.17, 15) is 9.18 Å². The first-order valence-electron chi connectivity index (χ1n) is 8.09. The van der Waals surface area contributed by atoms with Crippen molar-refractivity contribution in [1.29, 1.82) is 0 Å². The summed E-state index contributed by atoms with van der Waals surface area (Å²) >= 11 is 0. The Bertz CT molecular complexity index is 910. The number of hydrogen-bond acceptors (Lipinski definition) is 3. The van der Waals surface area contributed by atoms with Gasteiger partial charge in [0, 0.05) is 12.0 Å². The van der Waals surface area contributed by atoms with Gasteiger partial charge >= 0.3 is 5.97 Å². The van der Waals surface area contributed by atoms with E-state index < -0.39 is 5.97 Å². The van der Waals surface area contributed by atoms with Gasteiger partial charge in [0.25, 0.3) is 0 Å². The molecule has 0 aliphatic rings. The zero-order chi connectivity index (χ0) is 18.4. The van der Waals surface area contributed by atoms with E-state index in [-0.39, 0.29) is 11.6 Å². The molecular weight excluding hydrogens is 335 g/mol. The van der Waals surface area contributed by atoms with Gasteiger partial charge in [0.1, 0.15) is 17.3 Å². The third-order valence-corrected chi connectivity index (χ3v) is 3.75. The number of carbonyl (C=O) groups is 1. The first-order chi connectivity index (χ1) is 12.6. The van der Waals surface area contributed by atoms with E-state index in [0.717, 1.165) is 11.1 Å². The summed E-state index contributed by atoms with van der Waals surface area (Å²) in [5.74, 6) is -0.309. The van der Waals surface area contributed by atoms with Gasteiger partial charge in [-0.05, 0) is 48.0 Å². The Morgan fingerprint density at radius 1 is 1.04 bits per heavy atom. The molecule has 132 valence electrons. The van der Waals surface area contributed by atoms with Crippen molar-refractivity contribution in [3.05, 3.63) is 89.1 Å². The lowest BCUT2D eigenvalue weighted by Gasteiger charge is -2.09. The number of furan rings is 1. The minimum absolute atomic E-state index is 0.103. The maximum atomic E-state index is 12.9. The van der Waals surface area contributed by atoms with Crippen molar-refractivity contribution in [3.8, 4) is 5.75 Å². The molecule has 0 saturated carbocycles. The minimum atomic E-state index is -1.10. The van der Waals surface area contributed by atoms with Gasteiger partial charge in [0.2, 0.25) is 5.76 Å². The molecule has 0 spiro atoms. The van der Waals surface area contributed by atoms with Crippen molar-refractivity contribution < 1.29 is 23.4 Å². The highest BCUT2D eigenvalue weighted by atomic mass is 19.1.